The van der Waals surface area contributed by atoms with Crippen LogP contribution in [0.1, 0.15) is 36.7 Å². The SMILES string of the molecule is Cc1nn(-c2ccccc2)c(C)c1CNC(=O)NC(C)CCCO. The Bertz CT molecular complexity index is 667. The summed E-state index contributed by atoms with van der Waals surface area (Å²) in [5, 5.41) is 19.2. The van der Waals surface area contributed by atoms with Gasteiger partial charge in [-0.25, -0.2) is 9.48 Å². The minimum Gasteiger partial charge on any atom is -0.396 e. The van der Waals surface area contributed by atoms with Crippen molar-refractivity contribution in [2.45, 2.75) is 46.2 Å². The molecular weight excluding hydrogens is 304 g/mol. The number of benzene rings is 1. The van der Waals surface area contributed by atoms with Gasteiger partial charge in [0.05, 0.1) is 11.4 Å². The van der Waals surface area contributed by atoms with Crippen molar-refractivity contribution in [3.05, 3.63) is 47.3 Å². The number of aliphatic hydroxyl groups is 1. The zero-order valence-electron chi connectivity index (χ0n) is 14.5. The lowest BCUT2D eigenvalue weighted by atomic mass is 10.2. The van der Waals surface area contributed by atoms with Crippen LogP contribution in [0, 0.1) is 13.8 Å². The molecule has 24 heavy (non-hydrogen) atoms. The van der Waals surface area contributed by atoms with E-state index in [9.17, 15) is 4.79 Å². The van der Waals surface area contributed by atoms with Crippen LogP contribution in [0.15, 0.2) is 30.3 Å². The Morgan fingerprint density at radius 1 is 1.29 bits per heavy atom. The van der Waals surface area contributed by atoms with Crippen molar-refractivity contribution < 1.29 is 9.90 Å². The van der Waals surface area contributed by atoms with Gasteiger partial charge in [-0.05, 0) is 45.7 Å². The molecule has 0 aliphatic heterocycles. The summed E-state index contributed by atoms with van der Waals surface area (Å²) in [5.74, 6) is 0. The monoisotopic (exact) mass is 330 g/mol. The standard InChI is InChI=1S/C18H26N4O2/c1-13(8-7-11-23)20-18(24)19-12-17-14(2)21-22(15(17)3)16-9-5-4-6-10-16/h4-6,9-10,13,23H,7-8,11-12H2,1-3H3,(H2,19,20,24). The van der Waals surface area contributed by atoms with E-state index in [-0.39, 0.29) is 18.7 Å². The molecule has 130 valence electrons. The minimum absolute atomic E-state index is 0.0337. The van der Waals surface area contributed by atoms with Crippen molar-refractivity contribution in [1.29, 1.82) is 0 Å². The quantitative estimate of drug-likeness (QED) is 0.729. The second kappa shape index (κ2) is 8.49. The number of aromatic nitrogens is 2. The highest BCUT2D eigenvalue weighted by molar-refractivity contribution is 5.74. The molecule has 6 nitrogen and oxygen atoms in total. The van der Waals surface area contributed by atoms with Crippen LogP contribution in [0.25, 0.3) is 5.69 Å². The van der Waals surface area contributed by atoms with Crippen LogP contribution in [0.3, 0.4) is 0 Å². The second-order valence-corrected chi connectivity index (χ2v) is 5.99. The van der Waals surface area contributed by atoms with Crippen LogP contribution in [0.2, 0.25) is 0 Å². The molecule has 0 aliphatic carbocycles. The molecule has 0 spiro atoms. The zero-order valence-corrected chi connectivity index (χ0v) is 14.5. The van der Waals surface area contributed by atoms with Gasteiger partial charge in [0.25, 0.3) is 0 Å². The molecule has 0 saturated heterocycles. The molecular formula is C18H26N4O2. The van der Waals surface area contributed by atoms with Gasteiger partial charge in [0.2, 0.25) is 0 Å². The third-order valence-electron chi connectivity index (χ3n) is 4.04. The molecule has 1 aromatic carbocycles. The third-order valence-corrected chi connectivity index (χ3v) is 4.04. The topological polar surface area (TPSA) is 79.2 Å². The van der Waals surface area contributed by atoms with Crippen molar-refractivity contribution in [3.8, 4) is 5.69 Å². The Morgan fingerprint density at radius 2 is 2.00 bits per heavy atom. The van der Waals surface area contributed by atoms with E-state index in [4.69, 9.17) is 5.11 Å². The Hall–Kier alpha value is -2.34. The van der Waals surface area contributed by atoms with Gasteiger partial charge in [-0.1, -0.05) is 18.2 Å². The number of hydrogen-bond donors (Lipinski definition) is 3. The Kier molecular flexibility index (Phi) is 6.37. The first-order valence-corrected chi connectivity index (χ1v) is 8.28. The lowest BCUT2D eigenvalue weighted by Crippen LogP contribution is -2.40. The summed E-state index contributed by atoms with van der Waals surface area (Å²) >= 11 is 0. The van der Waals surface area contributed by atoms with Crippen molar-refractivity contribution in [3.63, 3.8) is 0 Å². The maximum Gasteiger partial charge on any atom is 0.315 e. The molecule has 1 atom stereocenters. The Labute approximate surface area is 142 Å². The summed E-state index contributed by atoms with van der Waals surface area (Å²) in [7, 11) is 0. The average Bonchev–Trinajstić information content (AvgIpc) is 2.86. The molecule has 6 heteroatoms. The van der Waals surface area contributed by atoms with E-state index in [1.54, 1.807) is 0 Å². The highest BCUT2D eigenvalue weighted by Crippen LogP contribution is 2.17. The van der Waals surface area contributed by atoms with Crippen molar-refractivity contribution in [2.24, 2.45) is 0 Å². The molecule has 0 aliphatic rings. The second-order valence-electron chi connectivity index (χ2n) is 5.99. The Morgan fingerprint density at radius 3 is 2.67 bits per heavy atom. The molecule has 2 aromatic rings. The van der Waals surface area contributed by atoms with E-state index >= 15 is 0 Å². The normalized spacial score (nSPS) is 12.0. The maximum absolute atomic E-state index is 12.0. The van der Waals surface area contributed by atoms with E-state index in [1.165, 1.54) is 0 Å². The molecule has 0 fully saturated rings. The van der Waals surface area contributed by atoms with Gasteiger partial charge >= 0.3 is 6.03 Å². The number of nitrogens with one attached hydrogen (secondary N) is 2. The summed E-state index contributed by atoms with van der Waals surface area (Å²) in [5.41, 5.74) is 3.96. The number of urea groups is 1. The van der Waals surface area contributed by atoms with Crippen molar-refractivity contribution in [2.75, 3.05) is 6.61 Å². The predicted octanol–water partition coefficient (Wildman–Crippen LogP) is 2.45. The molecule has 0 radical (unpaired) electrons. The zero-order chi connectivity index (χ0) is 17.5. The first kappa shape index (κ1) is 18.0. The third kappa shape index (κ3) is 4.58. The number of nitrogens with zero attached hydrogens (tertiary/aromatic N) is 2. The van der Waals surface area contributed by atoms with Gasteiger partial charge < -0.3 is 15.7 Å². The lowest BCUT2D eigenvalue weighted by molar-refractivity contribution is 0.234. The number of hydrogen-bond acceptors (Lipinski definition) is 3. The minimum atomic E-state index is -0.202. The van der Waals surface area contributed by atoms with Crippen molar-refractivity contribution >= 4 is 6.03 Å². The number of rotatable bonds is 7. The predicted molar refractivity (Wildman–Crippen MR) is 94.2 cm³/mol. The molecule has 1 unspecified atom stereocenters. The van der Waals surface area contributed by atoms with Crippen LogP contribution in [-0.4, -0.2) is 33.6 Å². The number of carbonyl (C=O) groups is 1. The summed E-state index contributed by atoms with van der Waals surface area (Å²) in [6.07, 6.45) is 1.44. The van der Waals surface area contributed by atoms with Crippen LogP contribution in [0.4, 0.5) is 4.79 Å². The van der Waals surface area contributed by atoms with Gasteiger partial charge in [-0.2, -0.15) is 5.10 Å². The number of amides is 2. The number of carbonyl (C=O) groups excluding carboxylic acids is 1. The first-order valence-electron chi connectivity index (χ1n) is 8.28. The van der Waals surface area contributed by atoms with Crippen LogP contribution in [-0.2, 0) is 6.54 Å². The van der Waals surface area contributed by atoms with Crippen LogP contribution in [0.5, 0.6) is 0 Å². The smallest absolute Gasteiger partial charge is 0.315 e. The van der Waals surface area contributed by atoms with E-state index in [1.807, 2.05) is 55.8 Å². The molecule has 0 saturated carbocycles. The summed E-state index contributed by atoms with van der Waals surface area (Å²) in [6.45, 7) is 6.46. The van der Waals surface area contributed by atoms with E-state index in [2.05, 4.69) is 15.7 Å². The van der Waals surface area contributed by atoms with Crippen LogP contribution < -0.4 is 10.6 Å². The fraction of sp³-hybridized carbons (Fsp3) is 0.444. The summed E-state index contributed by atoms with van der Waals surface area (Å²) in [6, 6.07) is 9.77. The number of para-hydroxylation sites is 1. The van der Waals surface area contributed by atoms with Gasteiger partial charge in [-0.3, -0.25) is 0 Å². The van der Waals surface area contributed by atoms with Crippen molar-refractivity contribution in [1.82, 2.24) is 20.4 Å². The first-order chi connectivity index (χ1) is 11.5. The molecule has 2 amide bonds. The molecule has 2 rings (SSSR count). The summed E-state index contributed by atoms with van der Waals surface area (Å²) < 4.78 is 1.90. The van der Waals surface area contributed by atoms with Gasteiger partial charge in [-0.15, -0.1) is 0 Å². The average molecular weight is 330 g/mol. The largest absolute Gasteiger partial charge is 0.396 e. The van der Waals surface area contributed by atoms with E-state index in [0.717, 1.165) is 29.1 Å². The van der Waals surface area contributed by atoms with E-state index in [0.29, 0.717) is 13.0 Å². The molecule has 1 aromatic heterocycles. The number of aliphatic hydroxyl groups excluding tert-OH is 1. The molecule has 3 N–H and O–H groups in total. The van der Waals surface area contributed by atoms with Gasteiger partial charge in [0.15, 0.2) is 0 Å². The number of aryl methyl sites for hydroxylation is 1. The molecule has 1 heterocycles. The highest BCUT2D eigenvalue weighted by Gasteiger charge is 2.14. The highest BCUT2D eigenvalue weighted by atomic mass is 16.3. The van der Waals surface area contributed by atoms with E-state index < -0.39 is 0 Å². The summed E-state index contributed by atoms with van der Waals surface area (Å²) in [4.78, 5) is 12.0. The lowest BCUT2D eigenvalue weighted by Gasteiger charge is -2.14. The molecule has 0 bridgehead atoms. The van der Waals surface area contributed by atoms with Crippen LogP contribution >= 0.6 is 0 Å². The maximum atomic E-state index is 12.0. The van der Waals surface area contributed by atoms with Gasteiger partial charge in [0, 0.05) is 30.5 Å². The Balaban J connectivity index is 1.98. The fourth-order valence-corrected chi connectivity index (χ4v) is 2.66. The fourth-order valence-electron chi connectivity index (χ4n) is 2.66. The van der Waals surface area contributed by atoms with Gasteiger partial charge in [0.1, 0.15) is 0 Å².